The monoisotopic (exact) mass is 535 g/mol. The van der Waals surface area contributed by atoms with Crippen molar-refractivity contribution in [2.45, 2.75) is 0 Å². The molecular weight excluding hydrogens is 518 g/mol. The van der Waals surface area contributed by atoms with E-state index in [9.17, 15) is 19.8 Å². The predicted molar refractivity (Wildman–Crippen MR) is 145 cm³/mol. The largest absolute Gasteiger partial charge is 0.478 e. The van der Waals surface area contributed by atoms with Crippen LogP contribution in [0, 0.1) is 0 Å². The van der Waals surface area contributed by atoms with Crippen molar-refractivity contribution in [3.05, 3.63) is 101 Å². The molecule has 3 N–H and O–H groups in total. The molecule has 3 aliphatic heterocycles. The van der Waals surface area contributed by atoms with E-state index < -0.39 is 18.7 Å². The maximum Gasteiger partial charge on any atom is 0.335 e. The summed E-state index contributed by atoms with van der Waals surface area (Å²) in [5.74, 6) is -0.269. The average molecular weight is 535 g/mol. The lowest BCUT2D eigenvalue weighted by Gasteiger charge is -2.30. The van der Waals surface area contributed by atoms with Crippen LogP contribution < -0.4 is 4.74 Å². The summed E-state index contributed by atoms with van der Waals surface area (Å²) in [5, 5.41) is 27.5. The minimum absolute atomic E-state index is 0.115. The predicted octanol–water partition coefficient (Wildman–Crippen LogP) is 2.46. The van der Waals surface area contributed by atoms with E-state index in [4.69, 9.17) is 9.84 Å². The molecule has 40 heavy (non-hydrogen) atoms. The molecule has 0 saturated heterocycles. The molecule has 0 spiro atoms. The molecule has 13 heteroatoms. The summed E-state index contributed by atoms with van der Waals surface area (Å²) < 4.78 is 5.09. The number of carboxylic acid groups (broad SMARTS) is 2. The zero-order valence-corrected chi connectivity index (χ0v) is 20.3. The number of nitrogens with zero attached hydrogens (tertiary/aromatic N) is 7. The average Bonchev–Trinajstić information content (AvgIpc) is 2.97. The van der Waals surface area contributed by atoms with Gasteiger partial charge in [0.15, 0.2) is 24.3 Å². The molecule has 0 radical (unpaired) electrons. The second-order valence-electron chi connectivity index (χ2n) is 8.44. The topological polar surface area (TPSA) is 181 Å². The standard InChI is InChI=1S/C27H17N7O6/c35-13-40-19-11-9-16(10-12-19)22-32-26-30-20(14-1-5-17(6-2-14)23(36)37)28-25-29-21(31-27(33-22)34(25)26)15-3-7-18(8-4-15)24(38)39/h1-12,35H,13H2,(H,36,37)(H,38,39). The van der Waals surface area contributed by atoms with Gasteiger partial charge >= 0.3 is 11.9 Å². The van der Waals surface area contributed by atoms with Crippen molar-refractivity contribution >= 4 is 47.3 Å². The smallest absolute Gasteiger partial charge is 0.335 e. The quantitative estimate of drug-likeness (QED) is 0.388. The second kappa shape index (κ2) is 9.81. The van der Waals surface area contributed by atoms with E-state index in [1.807, 2.05) is 0 Å². The van der Waals surface area contributed by atoms with Gasteiger partial charge in [-0.15, -0.1) is 0 Å². The molecule has 0 bridgehead atoms. The number of carboxylic acids is 2. The van der Waals surface area contributed by atoms with Gasteiger partial charge in [-0.25, -0.2) is 14.5 Å². The van der Waals surface area contributed by atoms with Gasteiger partial charge in [-0.3, -0.25) is 0 Å². The van der Waals surface area contributed by atoms with Crippen LogP contribution in [0.2, 0.25) is 0 Å². The lowest BCUT2D eigenvalue weighted by Crippen LogP contribution is -2.48. The Morgan fingerprint density at radius 3 is 1.25 bits per heavy atom. The van der Waals surface area contributed by atoms with Crippen LogP contribution in [0.15, 0.2) is 103 Å². The highest BCUT2D eigenvalue weighted by atomic mass is 16.6. The molecule has 3 aliphatic rings. The fraction of sp³-hybridized carbons (Fsp3) is 0.0370. The number of guanidine groups is 3. The van der Waals surface area contributed by atoms with E-state index >= 15 is 0 Å². The van der Waals surface area contributed by atoms with Crippen LogP contribution in [0.4, 0.5) is 0 Å². The van der Waals surface area contributed by atoms with Gasteiger partial charge in [0, 0.05) is 16.7 Å². The fourth-order valence-corrected chi connectivity index (χ4v) is 3.97. The summed E-state index contributed by atoms with van der Waals surface area (Å²) in [4.78, 5) is 51.6. The summed E-state index contributed by atoms with van der Waals surface area (Å²) in [6.07, 6.45) is 0. The minimum atomic E-state index is -1.06. The van der Waals surface area contributed by atoms with Gasteiger partial charge in [0.1, 0.15) is 5.75 Å². The van der Waals surface area contributed by atoms with Crippen LogP contribution in [0.25, 0.3) is 0 Å². The van der Waals surface area contributed by atoms with Gasteiger partial charge < -0.3 is 20.1 Å². The molecule has 3 aromatic rings. The van der Waals surface area contributed by atoms with Gasteiger partial charge in [0.25, 0.3) is 0 Å². The first-order chi connectivity index (χ1) is 19.4. The third-order valence-electron chi connectivity index (χ3n) is 5.96. The first-order valence-corrected chi connectivity index (χ1v) is 11.7. The molecule has 0 unspecified atom stereocenters. The minimum Gasteiger partial charge on any atom is -0.478 e. The number of benzene rings is 3. The summed E-state index contributed by atoms with van der Waals surface area (Å²) >= 11 is 0. The summed E-state index contributed by atoms with van der Waals surface area (Å²) in [6, 6.07) is 18.9. The summed E-state index contributed by atoms with van der Waals surface area (Å²) in [5.41, 5.74) is 1.94. The third kappa shape index (κ3) is 4.52. The third-order valence-corrected chi connectivity index (χ3v) is 5.96. The van der Waals surface area contributed by atoms with Crippen molar-refractivity contribution in [2.75, 3.05) is 6.79 Å². The molecule has 0 fully saturated rings. The Kier molecular flexibility index (Phi) is 6.01. The number of aliphatic imine (C=N–C) groups is 6. The van der Waals surface area contributed by atoms with Gasteiger partial charge in [0.2, 0.25) is 17.9 Å². The SMILES string of the molecule is O=C(O)c1ccc(C2=NC3=NC(c4ccc(OCO)cc4)=NC4=NC(c5ccc(C(=O)O)cc5)=NC(=N2)N34)cc1. The van der Waals surface area contributed by atoms with Crippen molar-refractivity contribution in [1.82, 2.24) is 4.90 Å². The first kappa shape index (κ1) is 24.5. The Morgan fingerprint density at radius 2 is 0.925 bits per heavy atom. The van der Waals surface area contributed by atoms with Crippen molar-refractivity contribution in [3.8, 4) is 5.75 Å². The molecule has 3 heterocycles. The maximum atomic E-state index is 11.3. The molecule has 0 aliphatic carbocycles. The molecule has 0 atom stereocenters. The molecule has 3 aromatic carbocycles. The van der Waals surface area contributed by atoms with Crippen LogP contribution in [0.5, 0.6) is 5.75 Å². The lowest BCUT2D eigenvalue weighted by atomic mass is 10.1. The number of hydrogen-bond donors (Lipinski definition) is 3. The Labute approximate surface area is 225 Å². The van der Waals surface area contributed by atoms with E-state index in [0.29, 0.717) is 28.3 Å². The first-order valence-electron chi connectivity index (χ1n) is 11.7. The number of rotatable bonds is 7. The number of carbonyl (C=O) groups is 2. The molecule has 196 valence electrons. The van der Waals surface area contributed by atoms with E-state index in [1.165, 1.54) is 29.2 Å². The summed E-state index contributed by atoms with van der Waals surface area (Å²) in [6.45, 7) is -0.461. The number of aliphatic hydroxyl groups is 1. The van der Waals surface area contributed by atoms with Crippen LogP contribution in [0.1, 0.15) is 37.4 Å². The number of hydrogen-bond acceptors (Lipinski definition) is 11. The van der Waals surface area contributed by atoms with Crippen LogP contribution in [0.3, 0.4) is 0 Å². The Morgan fingerprint density at radius 1 is 0.575 bits per heavy atom. The van der Waals surface area contributed by atoms with Crippen LogP contribution >= 0.6 is 0 Å². The van der Waals surface area contributed by atoms with Gasteiger partial charge in [-0.1, -0.05) is 24.3 Å². The molecule has 0 amide bonds. The highest BCUT2D eigenvalue weighted by Crippen LogP contribution is 2.24. The van der Waals surface area contributed by atoms with Gasteiger partial charge in [-0.05, 0) is 48.5 Å². The zero-order chi connectivity index (χ0) is 27.8. The lowest BCUT2D eigenvalue weighted by molar-refractivity contribution is 0.0686. The fourth-order valence-electron chi connectivity index (χ4n) is 3.97. The van der Waals surface area contributed by atoms with E-state index in [1.54, 1.807) is 48.5 Å². The highest BCUT2D eigenvalue weighted by molar-refractivity contribution is 6.34. The number of aromatic carboxylic acids is 2. The van der Waals surface area contributed by atoms with Crippen LogP contribution in [-0.2, 0) is 0 Å². The summed E-state index contributed by atoms with van der Waals surface area (Å²) in [7, 11) is 0. The molecular formula is C27H17N7O6. The van der Waals surface area contributed by atoms with Crippen LogP contribution in [-0.4, -0.2) is 74.3 Å². The van der Waals surface area contributed by atoms with E-state index in [0.717, 1.165) is 0 Å². The van der Waals surface area contributed by atoms with Crippen molar-refractivity contribution in [2.24, 2.45) is 30.0 Å². The molecule has 13 nitrogen and oxygen atoms in total. The van der Waals surface area contributed by atoms with Crippen molar-refractivity contribution in [3.63, 3.8) is 0 Å². The van der Waals surface area contributed by atoms with Gasteiger partial charge in [0.05, 0.1) is 11.1 Å². The van der Waals surface area contributed by atoms with Crippen molar-refractivity contribution in [1.29, 1.82) is 0 Å². The Hall–Kier alpha value is -5.82. The maximum absolute atomic E-state index is 11.3. The number of ether oxygens (including phenoxy) is 1. The van der Waals surface area contributed by atoms with Crippen molar-refractivity contribution < 1.29 is 29.6 Å². The molecule has 6 rings (SSSR count). The van der Waals surface area contributed by atoms with E-state index in [2.05, 4.69) is 30.0 Å². The normalized spacial score (nSPS) is 15.5. The Balaban J connectivity index is 1.47. The molecule has 0 saturated carbocycles. The van der Waals surface area contributed by atoms with E-state index in [-0.39, 0.29) is 40.7 Å². The highest BCUT2D eigenvalue weighted by Gasteiger charge is 2.35. The number of amidine groups is 3. The van der Waals surface area contributed by atoms with Gasteiger partial charge in [-0.2, -0.15) is 30.0 Å². The zero-order valence-electron chi connectivity index (χ0n) is 20.3. The number of aliphatic hydroxyl groups excluding tert-OH is 1. The second-order valence-corrected chi connectivity index (χ2v) is 8.44. The Bertz CT molecular complexity index is 1680. The molecule has 0 aromatic heterocycles.